The molecule has 152 valence electrons. The van der Waals surface area contributed by atoms with E-state index in [-0.39, 0.29) is 17.4 Å². The average Bonchev–Trinajstić information content (AvgIpc) is 3.22. The molecule has 2 aromatic carbocycles. The van der Waals surface area contributed by atoms with E-state index in [1.165, 1.54) is 4.90 Å². The molecule has 0 saturated carbocycles. The van der Waals surface area contributed by atoms with Crippen LogP contribution in [0.1, 0.15) is 21.9 Å². The molecule has 0 aliphatic heterocycles. The number of ether oxygens (including phenoxy) is 1. The standard InChI is InChI=1S/C22H23NO4S2/c1-26-17-5-10-20(11-6-17)29(25)15-18-7-12-21(27-18)22(24)23-14-13-16-3-8-19(28-2)9-4-16/h3-12H,13-15H2,1-2H3,(H,23,24)/t29-/m1/s1. The van der Waals surface area contributed by atoms with Gasteiger partial charge < -0.3 is 14.5 Å². The second-order valence-electron chi connectivity index (χ2n) is 6.29. The highest BCUT2D eigenvalue weighted by Crippen LogP contribution is 2.18. The lowest BCUT2D eigenvalue weighted by Gasteiger charge is -2.05. The maximum Gasteiger partial charge on any atom is 0.287 e. The monoisotopic (exact) mass is 429 g/mol. The molecule has 29 heavy (non-hydrogen) atoms. The molecular formula is C22H23NO4S2. The Labute approximate surface area is 177 Å². The molecule has 1 N–H and O–H groups in total. The summed E-state index contributed by atoms with van der Waals surface area (Å²) in [5.41, 5.74) is 1.16. The number of hydrogen-bond acceptors (Lipinski definition) is 5. The highest BCUT2D eigenvalue weighted by Gasteiger charge is 2.13. The lowest BCUT2D eigenvalue weighted by molar-refractivity contribution is 0.0925. The van der Waals surface area contributed by atoms with E-state index in [2.05, 4.69) is 29.6 Å². The minimum atomic E-state index is -1.26. The van der Waals surface area contributed by atoms with Gasteiger partial charge in [0.2, 0.25) is 0 Å². The number of nitrogens with one attached hydrogen (secondary N) is 1. The second-order valence-corrected chi connectivity index (χ2v) is 8.62. The van der Waals surface area contributed by atoms with E-state index in [9.17, 15) is 9.00 Å². The molecule has 0 radical (unpaired) electrons. The van der Waals surface area contributed by atoms with Gasteiger partial charge >= 0.3 is 0 Å². The Balaban J connectivity index is 1.50. The number of carbonyl (C=O) groups is 1. The summed E-state index contributed by atoms with van der Waals surface area (Å²) in [4.78, 5) is 14.2. The Morgan fingerprint density at radius 3 is 2.45 bits per heavy atom. The first kappa shape index (κ1) is 21.2. The summed E-state index contributed by atoms with van der Waals surface area (Å²) in [5, 5.41) is 2.86. The fourth-order valence-corrected chi connectivity index (χ4v) is 4.15. The van der Waals surface area contributed by atoms with Crippen molar-refractivity contribution in [3.8, 4) is 5.75 Å². The smallest absolute Gasteiger partial charge is 0.287 e. The fourth-order valence-electron chi connectivity index (χ4n) is 2.72. The number of thioether (sulfide) groups is 1. The van der Waals surface area contributed by atoms with Crippen molar-refractivity contribution < 1.29 is 18.2 Å². The van der Waals surface area contributed by atoms with Gasteiger partial charge in [-0.1, -0.05) is 12.1 Å². The molecule has 0 aliphatic carbocycles. The van der Waals surface area contributed by atoms with Crippen LogP contribution >= 0.6 is 11.8 Å². The highest BCUT2D eigenvalue weighted by atomic mass is 32.2. The van der Waals surface area contributed by atoms with Crippen LogP contribution in [-0.2, 0) is 23.0 Å². The van der Waals surface area contributed by atoms with Crippen LogP contribution in [0.2, 0.25) is 0 Å². The van der Waals surface area contributed by atoms with Crippen molar-refractivity contribution in [2.75, 3.05) is 19.9 Å². The van der Waals surface area contributed by atoms with Gasteiger partial charge in [0.1, 0.15) is 11.5 Å². The predicted molar refractivity (Wildman–Crippen MR) is 116 cm³/mol. The van der Waals surface area contributed by atoms with Gasteiger partial charge in [-0.15, -0.1) is 11.8 Å². The van der Waals surface area contributed by atoms with Crippen molar-refractivity contribution in [1.29, 1.82) is 0 Å². The van der Waals surface area contributed by atoms with E-state index in [1.54, 1.807) is 55.3 Å². The van der Waals surface area contributed by atoms with Crippen molar-refractivity contribution in [2.45, 2.75) is 22.0 Å². The predicted octanol–water partition coefficient (Wildman–Crippen LogP) is 4.29. The first-order valence-electron chi connectivity index (χ1n) is 9.11. The Bertz CT molecular complexity index is 965. The van der Waals surface area contributed by atoms with E-state index < -0.39 is 10.8 Å². The van der Waals surface area contributed by atoms with Crippen molar-refractivity contribution >= 4 is 28.5 Å². The summed E-state index contributed by atoms with van der Waals surface area (Å²) in [6.07, 6.45) is 2.79. The topological polar surface area (TPSA) is 68.5 Å². The van der Waals surface area contributed by atoms with E-state index in [4.69, 9.17) is 9.15 Å². The van der Waals surface area contributed by atoms with Crippen LogP contribution in [-0.4, -0.2) is 30.0 Å². The molecule has 0 aliphatic rings. The highest BCUT2D eigenvalue weighted by molar-refractivity contribution is 7.98. The third kappa shape index (κ3) is 5.98. The number of hydrogen-bond donors (Lipinski definition) is 1. The fraction of sp³-hybridized carbons (Fsp3) is 0.227. The number of carbonyl (C=O) groups excluding carboxylic acids is 1. The molecule has 1 amide bonds. The number of amides is 1. The van der Waals surface area contributed by atoms with Gasteiger partial charge in [-0.05, 0) is 66.8 Å². The Hall–Kier alpha value is -2.51. The SMILES string of the molecule is COc1ccc([S@](=O)Cc2ccc(C(=O)NCCc3ccc(SC)cc3)o2)cc1. The Morgan fingerprint density at radius 2 is 1.79 bits per heavy atom. The van der Waals surface area contributed by atoms with Gasteiger partial charge in [0.05, 0.1) is 23.7 Å². The maximum atomic E-state index is 12.5. The normalized spacial score (nSPS) is 11.8. The average molecular weight is 430 g/mol. The van der Waals surface area contributed by atoms with Gasteiger partial charge in [-0.3, -0.25) is 9.00 Å². The Kier molecular flexibility index (Phi) is 7.55. The molecule has 3 aromatic rings. The third-order valence-electron chi connectivity index (χ3n) is 4.34. The van der Waals surface area contributed by atoms with Crippen LogP contribution in [0.4, 0.5) is 0 Å². The molecule has 0 saturated heterocycles. The van der Waals surface area contributed by atoms with Crippen LogP contribution in [0.5, 0.6) is 5.75 Å². The molecule has 0 unspecified atom stereocenters. The van der Waals surface area contributed by atoms with Crippen LogP contribution in [0.15, 0.2) is 74.9 Å². The zero-order valence-corrected chi connectivity index (χ0v) is 18.0. The molecule has 0 fully saturated rings. The summed E-state index contributed by atoms with van der Waals surface area (Å²) >= 11 is 1.70. The molecule has 5 nitrogen and oxygen atoms in total. The molecule has 0 bridgehead atoms. The van der Waals surface area contributed by atoms with Crippen molar-refractivity contribution in [1.82, 2.24) is 5.32 Å². The number of benzene rings is 2. The van der Waals surface area contributed by atoms with Gasteiger partial charge in [-0.2, -0.15) is 0 Å². The largest absolute Gasteiger partial charge is 0.497 e. The minimum absolute atomic E-state index is 0.210. The Morgan fingerprint density at radius 1 is 1.07 bits per heavy atom. The van der Waals surface area contributed by atoms with Gasteiger partial charge in [0.15, 0.2) is 5.76 Å². The summed E-state index contributed by atoms with van der Waals surface area (Å²) in [6.45, 7) is 0.519. The lowest BCUT2D eigenvalue weighted by atomic mass is 10.1. The first-order chi connectivity index (χ1) is 14.1. The van der Waals surface area contributed by atoms with Crippen LogP contribution in [0, 0.1) is 0 Å². The third-order valence-corrected chi connectivity index (χ3v) is 6.43. The molecule has 0 spiro atoms. The van der Waals surface area contributed by atoms with E-state index in [1.807, 2.05) is 6.26 Å². The molecule has 3 rings (SSSR count). The molecule has 1 heterocycles. The molecule has 7 heteroatoms. The summed E-state index contributed by atoms with van der Waals surface area (Å²) in [6, 6.07) is 18.6. The zero-order chi connectivity index (χ0) is 20.6. The van der Waals surface area contributed by atoms with Gasteiger partial charge in [0.25, 0.3) is 5.91 Å². The van der Waals surface area contributed by atoms with E-state index >= 15 is 0 Å². The van der Waals surface area contributed by atoms with E-state index in [0.717, 1.165) is 12.0 Å². The van der Waals surface area contributed by atoms with E-state index in [0.29, 0.717) is 22.9 Å². The van der Waals surface area contributed by atoms with Crippen molar-refractivity contribution in [2.24, 2.45) is 0 Å². The van der Waals surface area contributed by atoms with Crippen LogP contribution in [0.25, 0.3) is 0 Å². The minimum Gasteiger partial charge on any atom is -0.497 e. The molecular weight excluding hydrogens is 406 g/mol. The molecule has 1 atom stereocenters. The number of furan rings is 1. The number of rotatable bonds is 9. The van der Waals surface area contributed by atoms with Gasteiger partial charge in [-0.25, -0.2) is 0 Å². The summed E-state index contributed by atoms with van der Waals surface area (Å²) in [5.74, 6) is 1.39. The molecule has 1 aromatic heterocycles. The van der Waals surface area contributed by atoms with Crippen LogP contribution in [0.3, 0.4) is 0 Å². The second kappa shape index (κ2) is 10.3. The lowest BCUT2D eigenvalue weighted by Crippen LogP contribution is -2.25. The zero-order valence-electron chi connectivity index (χ0n) is 16.3. The van der Waals surface area contributed by atoms with Crippen molar-refractivity contribution in [3.05, 3.63) is 77.7 Å². The van der Waals surface area contributed by atoms with Crippen molar-refractivity contribution in [3.63, 3.8) is 0 Å². The summed E-state index contributed by atoms with van der Waals surface area (Å²) < 4.78 is 23.2. The first-order valence-corrected chi connectivity index (χ1v) is 11.7. The van der Waals surface area contributed by atoms with Gasteiger partial charge in [0, 0.05) is 16.3 Å². The number of methoxy groups -OCH3 is 1. The quantitative estimate of drug-likeness (QED) is 0.514. The maximum absolute atomic E-state index is 12.5. The summed E-state index contributed by atoms with van der Waals surface area (Å²) in [7, 11) is 0.325. The van der Waals surface area contributed by atoms with Crippen LogP contribution < -0.4 is 10.1 Å².